The first-order chi connectivity index (χ1) is 10.2. The second-order valence-electron chi connectivity index (χ2n) is 5.59. The Morgan fingerprint density at radius 1 is 1.14 bits per heavy atom. The molecule has 1 aromatic heterocycles. The van der Waals surface area contributed by atoms with Gasteiger partial charge >= 0.3 is 0 Å². The lowest BCUT2D eigenvalue weighted by molar-refractivity contribution is 0.249. The topological polar surface area (TPSA) is 39.6 Å². The van der Waals surface area contributed by atoms with Crippen molar-refractivity contribution in [1.29, 1.82) is 0 Å². The van der Waals surface area contributed by atoms with E-state index in [-0.39, 0.29) is 0 Å². The van der Waals surface area contributed by atoms with E-state index in [0.29, 0.717) is 5.75 Å². The molecule has 0 aliphatic carbocycles. The summed E-state index contributed by atoms with van der Waals surface area (Å²) in [6.45, 7) is 7.17. The van der Waals surface area contributed by atoms with Crippen molar-refractivity contribution in [3.63, 3.8) is 0 Å². The molecule has 1 aliphatic rings. The van der Waals surface area contributed by atoms with Gasteiger partial charge in [-0.25, -0.2) is 0 Å². The second-order valence-corrected chi connectivity index (χ2v) is 5.59. The number of aryl methyl sites for hydroxylation is 1. The highest BCUT2D eigenvalue weighted by molar-refractivity contribution is 5.50. The van der Waals surface area contributed by atoms with Gasteiger partial charge in [0, 0.05) is 56.9 Å². The Balaban J connectivity index is 1.59. The molecule has 1 N–H and O–H groups in total. The van der Waals surface area contributed by atoms with Gasteiger partial charge in [-0.1, -0.05) is 6.07 Å². The van der Waals surface area contributed by atoms with E-state index in [4.69, 9.17) is 0 Å². The van der Waals surface area contributed by atoms with E-state index in [1.807, 2.05) is 24.5 Å². The summed E-state index contributed by atoms with van der Waals surface area (Å²) in [5, 5.41) is 9.58. The first-order valence-electron chi connectivity index (χ1n) is 7.38. The van der Waals surface area contributed by atoms with Crippen molar-refractivity contribution >= 4 is 5.69 Å². The summed E-state index contributed by atoms with van der Waals surface area (Å²) in [6.07, 6.45) is 3.80. The number of aromatic nitrogens is 1. The molecule has 0 radical (unpaired) electrons. The van der Waals surface area contributed by atoms with Crippen LogP contribution in [0.4, 0.5) is 5.69 Å². The predicted molar refractivity (Wildman–Crippen MR) is 84.6 cm³/mol. The van der Waals surface area contributed by atoms with Crippen LogP contribution >= 0.6 is 0 Å². The molecule has 2 heterocycles. The predicted octanol–water partition coefficient (Wildman–Crippen LogP) is 2.42. The van der Waals surface area contributed by atoms with Gasteiger partial charge in [-0.2, -0.15) is 0 Å². The summed E-state index contributed by atoms with van der Waals surface area (Å²) in [6, 6.07) is 9.62. The van der Waals surface area contributed by atoms with Crippen LogP contribution in [0, 0.1) is 6.92 Å². The minimum atomic E-state index is 0.335. The molecule has 1 fully saturated rings. The largest absolute Gasteiger partial charge is 0.508 e. The molecule has 1 aliphatic heterocycles. The van der Waals surface area contributed by atoms with Crippen LogP contribution in [0.5, 0.6) is 5.75 Å². The summed E-state index contributed by atoms with van der Waals surface area (Å²) in [4.78, 5) is 8.95. The van der Waals surface area contributed by atoms with Gasteiger partial charge in [-0.05, 0) is 36.2 Å². The first kappa shape index (κ1) is 13.9. The molecular formula is C17H21N3O. The third-order valence-corrected chi connectivity index (χ3v) is 4.10. The molecule has 4 heteroatoms. The highest BCUT2D eigenvalue weighted by Crippen LogP contribution is 2.21. The molecule has 2 aromatic rings. The average molecular weight is 283 g/mol. The third-order valence-electron chi connectivity index (χ3n) is 4.10. The molecule has 0 bridgehead atoms. The Labute approximate surface area is 125 Å². The van der Waals surface area contributed by atoms with E-state index in [9.17, 15) is 5.11 Å². The van der Waals surface area contributed by atoms with E-state index in [1.54, 1.807) is 6.07 Å². The van der Waals surface area contributed by atoms with Crippen molar-refractivity contribution in [1.82, 2.24) is 9.88 Å². The number of pyridine rings is 1. The molecule has 21 heavy (non-hydrogen) atoms. The number of hydrogen-bond donors (Lipinski definition) is 1. The molecule has 1 saturated heterocycles. The van der Waals surface area contributed by atoms with Crippen molar-refractivity contribution < 1.29 is 5.11 Å². The Morgan fingerprint density at radius 3 is 2.67 bits per heavy atom. The highest BCUT2D eigenvalue weighted by Gasteiger charge is 2.17. The van der Waals surface area contributed by atoms with Gasteiger partial charge in [-0.3, -0.25) is 9.88 Å². The number of piperazine rings is 1. The zero-order valence-corrected chi connectivity index (χ0v) is 12.4. The van der Waals surface area contributed by atoms with Crippen LogP contribution in [0.2, 0.25) is 0 Å². The summed E-state index contributed by atoms with van der Waals surface area (Å²) < 4.78 is 0. The number of rotatable bonds is 3. The number of aromatic hydroxyl groups is 1. The Bertz CT molecular complexity index is 606. The monoisotopic (exact) mass is 283 g/mol. The fourth-order valence-electron chi connectivity index (χ4n) is 2.77. The summed E-state index contributed by atoms with van der Waals surface area (Å²) >= 11 is 0. The molecule has 0 unspecified atom stereocenters. The van der Waals surface area contributed by atoms with Crippen molar-refractivity contribution in [2.45, 2.75) is 13.5 Å². The maximum atomic E-state index is 9.58. The average Bonchev–Trinajstić information content (AvgIpc) is 2.50. The van der Waals surface area contributed by atoms with Crippen LogP contribution in [0.1, 0.15) is 11.1 Å². The van der Waals surface area contributed by atoms with Crippen LogP contribution in [-0.4, -0.2) is 41.2 Å². The second kappa shape index (κ2) is 6.14. The fraction of sp³-hybridized carbons (Fsp3) is 0.353. The summed E-state index contributed by atoms with van der Waals surface area (Å²) in [7, 11) is 0. The van der Waals surface area contributed by atoms with E-state index in [0.717, 1.165) is 38.4 Å². The zero-order chi connectivity index (χ0) is 14.7. The van der Waals surface area contributed by atoms with Gasteiger partial charge in [0.05, 0.1) is 0 Å². The Hall–Kier alpha value is -2.07. The van der Waals surface area contributed by atoms with E-state index >= 15 is 0 Å². The van der Waals surface area contributed by atoms with Gasteiger partial charge in [-0.15, -0.1) is 0 Å². The number of hydrogen-bond acceptors (Lipinski definition) is 4. The number of nitrogens with zero attached hydrogens (tertiary/aromatic N) is 3. The summed E-state index contributed by atoms with van der Waals surface area (Å²) in [5.74, 6) is 0.335. The molecule has 0 saturated carbocycles. The van der Waals surface area contributed by atoms with Crippen LogP contribution in [0.3, 0.4) is 0 Å². The standard InChI is InChI=1S/C17H21N3O/c1-14-12-18-6-5-15(14)13-19-7-9-20(10-8-19)16-3-2-4-17(21)11-16/h2-6,11-12,21H,7-10,13H2,1H3. The number of benzene rings is 1. The third kappa shape index (κ3) is 3.34. The van der Waals surface area contributed by atoms with Crippen molar-refractivity contribution in [2.24, 2.45) is 0 Å². The maximum Gasteiger partial charge on any atom is 0.117 e. The number of phenolic OH excluding ortho intramolecular Hbond substituents is 1. The van der Waals surface area contributed by atoms with Crippen LogP contribution in [0.15, 0.2) is 42.7 Å². The van der Waals surface area contributed by atoms with Gasteiger partial charge < -0.3 is 10.0 Å². The Morgan fingerprint density at radius 2 is 1.95 bits per heavy atom. The van der Waals surface area contributed by atoms with Gasteiger partial charge in [0.15, 0.2) is 0 Å². The minimum Gasteiger partial charge on any atom is -0.508 e. The first-order valence-corrected chi connectivity index (χ1v) is 7.38. The maximum absolute atomic E-state index is 9.58. The molecule has 110 valence electrons. The Kier molecular flexibility index (Phi) is 4.06. The summed E-state index contributed by atoms with van der Waals surface area (Å²) in [5.41, 5.74) is 3.72. The minimum absolute atomic E-state index is 0.335. The van der Waals surface area contributed by atoms with Gasteiger partial charge in [0.1, 0.15) is 5.75 Å². The number of anilines is 1. The van der Waals surface area contributed by atoms with E-state index < -0.39 is 0 Å². The SMILES string of the molecule is Cc1cnccc1CN1CCN(c2cccc(O)c2)CC1. The van der Waals surface area contributed by atoms with Crippen molar-refractivity contribution in [2.75, 3.05) is 31.1 Å². The molecular weight excluding hydrogens is 262 g/mol. The lowest BCUT2D eigenvalue weighted by Gasteiger charge is -2.36. The number of phenols is 1. The fourth-order valence-corrected chi connectivity index (χ4v) is 2.77. The van der Waals surface area contributed by atoms with Crippen LogP contribution < -0.4 is 4.90 Å². The zero-order valence-electron chi connectivity index (χ0n) is 12.4. The van der Waals surface area contributed by atoms with Crippen LogP contribution in [0.25, 0.3) is 0 Å². The molecule has 0 amide bonds. The van der Waals surface area contributed by atoms with E-state index in [2.05, 4.69) is 33.8 Å². The van der Waals surface area contributed by atoms with Gasteiger partial charge in [0.25, 0.3) is 0 Å². The smallest absolute Gasteiger partial charge is 0.117 e. The molecule has 0 atom stereocenters. The molecule has 1 aromatic carbocycles. The lowest BCUT2D eigenvalue weighted by Crippen LogP contribution is -2.46. The van der Waals surface area contributed by atoms with E-state index in [1.165, 1.54) is 11.1 Å². The molecule has 3 rings (SSSR count). The highest BCUT2D eigenvalue weighted by atomic mass is 16.3. The quantitative estimate of drug-likeness (QED) is 0.939. The van der Waals surface area contributed by atoms with Crippen molar-refractivity contribution in [3.05, 3.63) is 53.9 Å². The normalized spacial score (nSPS) is 16.1. The lowest BCUT2D eigenvalue weighted by atomic mass is 10.1. The van der Waals surface area contributed by atoms with Crippen molar-refractivity contribution in [3.8, 4) is 5.75 Å². The van der Waals surface area contributed by atoms with Crippen LogP contribution in [-0.2, 0) is 6.54 Å². The molecule has 0 spiro atoms. The van der Waals surface area contributed by atoms with Gasteiger partial charge in [0.2, 0.25) is 0 Å². The molecule has 4 nitrogen and oxygen atoms in total.